The van der Waals surface area contributed by atoms with Gasteiger partial charge in [0.15, 0.2) is 5.13 Å². The molecule has 0 unspecified atom stereocenters. The summed E-state index contributed by atoms with van der Waals surface area (Å²) in [6.45, 7) is 4.13. The van der Waals surface area contributed by atoms with Crippen molar-refractivity contribution >= 4 is 28.2 Å². The summed E-state index contributed by atoms with van der Waals surface area (Å²) in [4.78, 5) is 16.9. The number of nitrogens with one attached hydrogen (secondary N) is 2. The molecule has 1 fully saturated rings. The molecule has 0 aromatic carbocycles. The summed E-state index contributed by atoms with van der Waals surface area (Å²) in [6, 6.07) is 0.706. The fourth-order valence-electron chi connectivity index (χ4n) is 2.03. The minimum absolute atomic E-state index is 0.106. The lowest BCUT2D eigenvalue weighted by Crippen LogP contribution is -2.33. The van der Waals surface area contributed by atoms with Crippen LogP contribution in [0.2, 0.25) is 0 Å². The van der Waals surface area contributed by atoms with Gasteiger partial charge in [0, 0.05) is 12.1 Å². The largest absolute Gasteiger partial charge is 0.382 e. The van der Waals surface area contributed by atoms with Crippen molar-refractivity contribution < 1.29 is 4.79 Å². The molecule has 1 aliphatic carbocycles. The van der Waals surface area contributed by atoms with Gasteiger partial charge in [0.05, 0.1) is 0 Å². The molecule has 2 rings (SSSR count). The van der Waals surface area contributed by atoms with Gasteiger partial charge in [0.1, 0.15) is 10.7 Å². The van der Waals surface area contributed by atoms with Crippen LogP contribution in [0.25, 0.3) is 0 Å². The highest BCUT2D eigenvalue weighted by atomic mass is 32.1. The first-order valence-corrected chi connectivity index (χ1v) is 7.79. The Morgan fingerprint density at radius 3 is 2.68 bits per heavy atom. The number of anilines is 2. The third kappa shape index (κ3) is 3.37. The number of aromatic nitrogens is 1. The lowest BCUT2D eigenvalue weighted by atomic mass is 9.93. The maximum Gasteiger partial charge on any atom is 0.265 e. The molecule has 0 saturated heterocycles. The van der Waals surface area contributed by atoms with E-state index in [0.717, 1.165) is 18.0 Å². The van der Waals surface area contributed by atoms with Crippen LogP contribution in [0.5, 0.6) is 0 Å². The molecule has 1 saturated carbocycles. The summed E-state index contributed by atoms with van der Waals surface area (Å²) in [5.74, 6) is 0.223. The summed E-state index contributed by atoms with van der Waals surface area (Å²) >= 11 is 1.35. The summed E-state index contributed by atoms with van der Waals surface area (Å²) in [6.07, 6.45) is 5.46. The molecule has 0 atom stereocenters. The predicted molar refractivity (Wildman–Crippen MR) is 79.6 cm³/mol. The minimum atomic E-state index is -0.106. The van der Waals surface area contributed by atoms with Crippen molar-refractivity contribution in [2.45, 2.75) is 58.0 Å². The Morgan fingerprint density at radius 1 is 1.47 bits per heavy atom. The number of nitrogens with two attached hydrogens (primary N) is 1. The molecular weight excluding hydrogens is 260 g/mol. The van der Waals surface area contributed by atoms with Gasteiger partial charge in [0.2, 0.25) is 0 Å². The van der Waals surface area contributed by atoms with Gasteiger partial charge in [-0.15, -0.1) is 0 Å². The van der Waals surface area contributed by atoms with Crippen LogP contribution in [0.3, 0.4) is 0 Å². The molecule has 0 radical (unpaired) electrons. The Morgan fingerprint density at radius 2 is 2.16 bits per heavy atom. The summed E-state index contributed by atoms with van der Waals surface area (Å²) < 4.78 is 0. The second-order valence-corrected chi connectivity index (χ2v) is 5.99. The van der Waals surface area contributed by atoms with Gasteiger partial charge in [-0.3, -0.25) is 4.79 Å². The van der Waals surface area contributed by atoms with Crippen LogP contribution < -0.4 is 16.4 Å². The van der Waals surface area contributed by atoms with Crippen LogP contribution in [0.15, 0.2) is 0 Å². The first-order chi connectivity index (χ1) is 9.13. The molecule has 1 amide bonds. The first-order valence-electron chi connectivity index (χ1n) is 6.97. The normalized spacial score (nSPS) is 15.3. The average molecular weight is 282 g/mol. The van der Waals surface area contributed by atoms with Crippen molar-refractivity contribution in [1.82, 2.24) is 10.3 Å². The van der Waals surface area contributed by atoms with E-state index in [1.54, 1.807) is 0 Å². The Kier molecular flexibility index (Phi) is 4.63. The molecule has 5 nitrogen and oxygen atoms in total. The van der Waals surface area contributed by atoms with Gasteiger partial charge in [-0.05, 0) is 32.1 Å². The van der Waals surface area contributed by atoms with E-state index in [0.29, 0.717) is 16.7 Å². The lowest BCUT2D eigenvalue weighted by Gasteiger charge is -2.25. The van der Waals surface area contributed by atoms with Crippen molar-refractivity contribution in [3.05, 3.63) is 4.88 Å². The maximum absolute atomic E-state index is 12.1. The van der Waals surface area contributed by atoms with Gasteiger partial charge < -0.3 is 16.4 Å². The van der Waals surface area contributed by atoms with Crippen LogP contribution in [0.1, 0.15) is 55.6 Å². The first kappa shape index (κ1) is 14.1. The fourth-order valence-corrected chi connectivity index (χ4v) is 2.89. The zero-order valence-electron chi connectivity index (χ0n) is 11.5. The summed E-state index contributed by atoms with van der Waals surface area (Å²) in [5.41, 5.74) is 5.83. The fraction of sp³-hybridized carbons (Fsp3) is 0.692. The quantitative estimate of drug-likeness (QED) is 0.749. The van der Waals surface area contributed by atoms with Gasteiger partial charge in [-0.2, -0.15) is 0 Å². The number of carbonyl (C=O) groups is 1. The third-order valence-electron chi connectivity index (χ3n) is 3.61. The van der Waals surface area contributed by atoms with E-state index >= 15 is 0 Å². The Labute approximate surface area is 118 Å². The van der Waals surface area contributed by atoms with E-state index in [9.17, 15) is 4.79 Å². The zero-order chi connectivity index (χ0) is 13.8. The molecule has 0 bridgehead atoms. The number of rotatable bonds is 6. The van der Waals surface area contributed by atoms with Crippen LogP contribution in [0.4, 0.5) is 10.9 Å². The standard InChI is InChI=1S/C13H22N4OS/c1-3-8(4-2)15-12(18)10-11(14)17-13(19-10)16-9-6-5-7-9/h8-9H,3-7,14H2,1-2H3,(H,15,18)(H,16,17). The number of thiazole rings is 1. The molecule has 0 spiro atoms. The number of hydrogen-bond acceptors (Lipinski definition) is 5. The Balaban J connectivity index is 2.00. The highest BCUT2D eigenvalue weighted by Crippen LogP contribution is 2.29. The molecule has 1 aromatic heterocycles. The number of nitrogens with zero attached hydrogens (tertiary/aromatic N) is 1. The molecule has 19 heavy (non-hydrogen) atoms. The van der Waals surface area contributed by atoms with Crippen LogP contribution in [0, 0.1) is 0 Å². The van der Waals surface area contributed by atoms with Crippen molar-refractivity contribution in [2.75, 3.05) is 11.1 Å². The predicted octanol–water partition coefficient (Wildman–Crippen LogP) is 2.61. The molecule has 1 aliphatic rings. The molecule has 6 heteroatoms. The van der Waals surface area contributed by atoms with Gasteiger partial charge in [-0.25, -0.2) is 4.98 Å². The van der Waals surface area contributed by atoms with Crippen LogP contribution >= 0.6 is 11.3 Å². The smallest absolute Gasteiger partial charge is 0.265 e. The number of carbonyl (C=O) groups excluding carboxylic acids is 1. The Bertz CT molecular complexity index is 438. The summed E-state index contributed by atoms with van der Waals surface area (Å²) in [7, 11) is 0. The SMILES string of the molecule is CCC(CC)NC(=O)c1sc(NC2CCC2)nc1N. The summed E-state index contributed by atoms with van der Waals surface area (Å²) in [5, 5.41) is 7.08. The second-order valence-electron chi connectivity index (χ2n) is 4.99. The highest BCUT2D eigenvalue weighted by molar-refractivity contribution is 7.18. The van der Waals surface area contributed by atoms with E-state index in [2.05, 4.69) is 29.5 Å². The van der Waals surface area contributed by atoms with E-state index in [4.69, 9.17) is 5.73 Å². The van der Waals surface area contributed by atoms with Gasteiger partial charge in [0.25, 0.3) is 5.91 Å². The third-order valence-corrected chi connectivity index (χ3v) is 4.61. The monoisotopic (exact) mass is 282 g/mol. The minimum Gasteiger partial charge on any atom is -0.382 e. The average Bonchev–Trinajstić information content (AvgIpc) is 2.72. The molecule has 1 aromatic rings. The van der Waals surface area contributed by atoms with Crippen LogP contribution in [-0.2, 0) is 0 Å². The van der Waals surface area contributed by atoms with Crippen LogP contribution in [-0.4, -0.2) is 23.0 Å². The van der Waals surface area contributed by atoms with Crippen molar-refractivity contribution in [3.63, 3.8) is 0 Å². The molecule has 1 heterocycles. The lowest BCUT2D eigenvalue weighted by molar-refractivity contribution is 0.0939. The molecule has 106 valence electrons. The highest BCUT2D eigenvalue weighted by Gasteiger charge is 2.22. The zero-order valence-corrected chi connectivity index (χ0v) is 12.3. The second kappa shape index (κ2) is 6.23. The van der Waals surface area contributed by atoms with Crippen molar-refractivity contribution in [2.24, 2.45) is 0 Å². The molecule has 0 aliphatic heterocycles. The van der Waals surface area contributed by atoms with Crippen molar-refractivity contribution in [1.29, 1.82) is 0 Å². The molecule has 4 N–H and O–H groups in total. The van der Waals surface area contributed by atoms with Gasteiger partial charge >= 0.3 is 0 Å². The number of amides is 1. The number of nitrogen functional groups attached to an aromatic ring is 1. The number of hydrogen-bond donors (Lipinski definition) is 3. The van der Waals surface area contributed by atoms with E-state index in [1.807, 2.05) is 0 Å². The van der Waals surface area contributed by atoms with E-state index < -0.39 is 0 Å². The molecular formula is C13H22N4OS. The maximum atomic E-state index is 12.1. The van der Waals surface area contributed by atoms with E-state index in [1.165, 1.54) is 30.6 Å². The van der Waals surface area contributed by atoms with E-state index in [-0.39, 0.29) is 11.9 Å². The topological polar surface area (TPSA) is 80.0 Å². The van der Waals surface area contributed by atoms with Crippen molar-refractivity contribution in [3.8, 4) is 0 Å². The van der Waals surface area contributed by atoms with Gasteiger partial charge in [-0.1, -0.05) is 25.2 Å². The Hall–Kier alpha value is -1.30.